The standard InChI is InChI=1S/C14H18N2O2S/c1-10-4-6-14(7-5-10)12(17)15-13(18)16(14)9-11-3-2-8-19-11/h2-3,8,10H,4-7,9H2,1H3,(H,15,17,18). The molecule has 1 saturated carbocycles. The highest BCUT2D eigenvalue weighted by molar-refractivity contribution is 7.09. The normalized spacial score (nSPS) is 31.0. The highest BCUT2D eigenvalue weighted by atomic mass is 32.1. The number of nitrogens with one attached hydrogen (secondary N) is 1. The first kappa shape index (κ1) is 12.7. The zero-order valence-electron chi connectivity index (χ0n) is 11.0. The Morgan fingerprint density at radius 1 is 1.42 bits per heavy atom. The SMILES string of the molecule is CC1CCC2(CC1)C(=O)NC(=O)N2Cc1cccs1. The Morgan fingerprint density at radius 3 is 2.79 bits per heavy atom. The summed E-state index contributed by atoms with van der Waals surface area (Å²) < 4.78 is 0. The molecule has 102 valence electrons. The summed E-state index contributed by atoms with van der Waals surface area (Å²) in [7, 11) is 0. The number of amides is 3. The molecule has 0 aromatic carbocycles. The number of urea groups is 1. The second-order valence-corrected chi connectivity index (χ2v) is 6.67. The molecule has 1 spiro atoms. The van der Waals surface area contributed by atoms with E-state index < -0.39 is 5.54 Å². The molecule has 1 N–H and O–H groups in total. The van der Waals surface area contributed by atoms with E-state index in [4.69, 9.17) is 0 Å². The molecular weight excluding hydrogens is 260 g/mol. The van der Waals surface area contributed by atoms with Gasteiger partial charge in [0, 0.05) is 4.88 Å². The third kappa shape index (κ3) is 2.06. The zero-order valence-corrected chi connectivity index (χ0v) is 11.8. The maximum Gasteiger partial charge on any atom is 0.325 e. The van der Waals surface area contributed by atoms with Gasteiger partial charge >= 0.3 is 6.03 Å². The fourth-order valence-corrected chi connectivity index (χ4v) is 3.81. The number of carbonyl (C=O) groups excluding carboxylic acids is 2. The number of hydrogen-bond acceptors (Lipinski definition) is 3. The number of hydrogen-bond donors (Lipinski definition) is 1. The molecule has 0 unspecified atom stereocenters. The van der Waals surface area contributed by atoms with Crippen LogP contribution in [0.25, 0.3) is 0 Å². The van der Waals surface area contributed by atoms with Gasteiger partial charge in [0.1, 0.15) is 5.54 Å². The minimum atomic E-state index is -0.590. The minimum Gasteiger partial charge on any atom is -0.305 e. The quantitative estimate of drug-likeness (QED) is 0.846. The third-order valence-electron chi connectivity index (χ3n) is 4.40. The van der Waals surface area contributed by atoms with E-state index in [9.17, 15) is 9.59 Å². The van der Waals surface area contributed by atoms with Crippen LogP contribution in [0.2, 0.25) is 0 Å². The second-order valence-electron chi connectivity index (χ2n) is 5.64. The van der Waals surface area contributed by atoms with Gasteiger partial charge in [0.25, 0.3) is 5.91 Å². The average Bonchev–Trinajstić information content (AvgIpc) is 2.96. The van der Waals surface area contributed by atoms with Crippen LogP contribution in [0.4, 0.5) is 4.79 Å². The van der Waals surface area contributed by atoms with Crippen molar-refractivity contribution in [1.82, 2.24) is 10.2 Å². The van der Waals surface area contributed by atoms with Crippen molar-refractivity contribution in [2.75, 3.05) is 0 Å². The Morgan fingerprint density at radius 2 is 2.16 bits per heavy atom. The van der Waals surface area contributed by atoms with Crippen LogP contribution in [0, 0.1) is 5.92 Å². The summed E-state index contributed by atoms with van der Waals surface area (Å²) in [6.45, 7) is 2.76. The lowest BCUT2D eigenvalue weighted by Crippen LogP contribution is -2.51. The second kappa shape index (κ2) is 4.63. The van der Waals surface area contributed by atoms with Gasteiger partial charge in [-0.2, -0.15) is 0 Å². The Kier molecular flexibility index (Phi) is 3.09. The Labute approximate surface area is 116 Å². The third-order valence-corrected chi connectivity index (χ3v) is 5.26. The molecule has 19 heavy (non-hydrogen) atoms. The van der Waals surface area contributed by atoms with E-state index in [2.05, 4.69) is 12.2 Å². The van der Waals surface area contributed by atoms with Crippen molar-refractivity contribution in [2.45, 2.75) is 44.7 Å². The van der Waals surface area contributed by atoms with E-state index in [1.807, 2.05) is 17.5 Å². The van der Waals surface area contributed by atoms with E-state index in [1.54, 1.807) is 16.2 Å². The van der Waals surface area contributed by atoms with Crippen LogP contribution in [-0.4, -0.2) is 22.4 Å². The predicted molar refractivity (Wildman–Crippen MR) is 73.8 cm³/mol. The van der Waals surface area contributed by atoms with Crippen molar-refractivity contribution < 1.29 is 9.59 Å². The van der Waals surface area contributed by atoms with Crippen molar-refractivity contribution in [3.63, 3.8) is 0 Å². The Balaban J connectivity index is 1.87. The number of thiophene rings is 1. The van der Waals surface area contributed by atoms with Gasteiger partial charge in [0.15, 0.2) is 0 Å². The molecule has 2 heterocycles. The average molecular weight is 278 g/mol. The van der Waals surface area contributed by atoms with Gasteiger partial charge in [-0.25, -0.2) is 4.79 Å². The van der Waals surface area contributed by atoms with Crippen molar-refractivity contribution in [3.8, 4) is 0 Å². The highest BCUT2D eigenvalue weighted by Gasteiger charge is 2.53. The lowest BCUT2D eigenvalue weighted by atomic mass is 9.76. The van der Waals surface area contributed by atoms with Gasteiger partial charge < -0.3 is 4.90 Å². The lowest BCUT2D eigenvalue weighted by molar-refractivity contribution is -0.128. The summed E-state index contributed by atoms with van der Waals surface area (Å²) in [5, 5.41) is 4.51. The Bertz CT molecular complexity index is 490. The molecule has 1 aliphatic carbocycles. The first-order valence-electron chi connectivity index (χ1n) is 6.77. The molecule has 3 rings (SSSR count). The van der Waals surface area contributed by atoms with Gasteiger partial charge in [0.2, 0.25) is 0 Å². The van der Waals surface area contributed by atoms with Gasteiger partial charge in [0.05, 0.1) is 6.54 Å². The van der Waals surface area contributed by atoms with Gasteiger partial charge in [-0.05, 0) is 43.0 Å². The summed E-state index contributed by atoms with van der Waals surface area (Å²) in [5.74, 6) is 0.554. The smallest absolute Gasteiger partial charge is 0.305 e. The van der Waals surface area contributed by atoms with E-state index in [0.29, 0.717) is 12.5 Å². The first-order chi connectivity index (χ1) is 9.12. The molecule has 1 saturated heterocycles. The van der Waals surface area contributed by atoms with Crippen LogP contribution in [0.3, 0.4) is 0 Å². The van der Waals surface area contributed by atoms with Crippen LogP contribution in [0.15, 0.2) is 17.5 Å². The summed E-state index contributed by atoms with van der Waals surface area (Å²) in [4.78, 5) is 27.2. The summed E-state index contributed by atoms with van der Waals surface area (Å²) in [6.07, 6.45) is 3.61. The van der Waals surface area contributed by atoms with Gasteiger partial charge in [-0.1, -0.05) is 13.0 Å². The molecule has 0 atom stereocenters. The minimum absolute atomic E-state index is 0.0963. The highest BCUT2D eigenvalue weighted by Crippen LogP contribution is 2.40. The van der Waals surface area contributed by atoms with Crippen LogP contribution >= 0.6 is 11.3 Å². The summed E-state index contributed by atoms with van der Waals surface area (Å²) in [6, 6.07) is 3.76. The van der Waals surface area contributed by atoms with E-state index >= 15 is 0 Å². The fraction of sp³-hybridized carbons (Fsp3) is 0.571. The zero-order chi connectivity index (χ0) is 13.5. The summed E-state index contributed by atoms with van der Waals surface area (Å²) in [5.41, 5.74) is -0.590. The van der Waals surface area contributed by atoms with Gasteiger partial charge in [-0.15, -0.1) is 11.3 Å². The number of imide groups is 1. The molecule has 2 fully saturated rings. The lowest BCUT2D eigenvalue weighted by Gasteiger charge is -2.39. The van der Waals surface area contributed by atoms with E-state index in [0.717, 1.165) is 30.6 Å². The van der Waals surface area contributed by atoms with Crippen molar-refractivity contribution in [3.05, 3.63) is 22.4 Å². The number of nitrogens with zero attached hydrogens (tertiary/aromatic N) is 1. The summed E-state index contributed by atoms with van der Waals surface area (Å²) >= 11 is 1.63. The van der Waals surface area contributed by atoms with Crippen LogP contribution in [0.5, 0.6) is 0 Å². The van der Waals surface area contributed by atoms with Crippen LogP contribution < -0.4 is 5.32 Å². The van der Waals surface area contributed by atoms with Crippen molar-refractivity contribution >= 4 is 23.3 Å². The first-order valence-corrected chi connectivity index (χ1v) is 7.65. The fourth-order valence-electron chi connectivity index (χ4n) is 3.12. The molecule has 3 amide bonds. The molecule has 0 bridgehead atoms. The van der Waals surface area contributed by atoms with Crippen molar-refractivity contribution in [1.29, 1.82) is 0 Å². The number of carbonyl (C=O) groups is 2. The monoisotopic (exact) mass is 278 g/mol. The molecule has 4 nitrogen and oxygen atoms in total. The van der Waals surface area contributed by atoms with Crippen LogP contribution in [0.1, 0.15) is 37.5 Å². The predicted octanol–water partition coefficient (Wildman–Crippen LogP) is 2.75. The maximum absolute atomic E-state index is 12.2. The number of rotatable bonds is 2. The Hall–Kier alpha value is -1.36. The molecule has 1 aliphatic heterocycles. The van der Waals surface area contributed by atoms with E-state index in [-0.39, 0.29) is 11.9 Å². The maximum atomic E-state index is 12.2. The molecule has 0 radical (unpaired) electrons. The molecule has 1 aromatic rings. The van der Waals surface area contributed by atoms with Gasteiger partial charge in [-0.3, -0.25) is 10.1 Å². The molecule has 2 aliphatic rings. The molecule has 1 aromatic heterocycles. The molecule has 5 heteroatoms. The van der Waals surface area contributed by atoms with Crippen molar-refractivity contribution in [2.24, 2.45) is 5.92 Å². The van der Waals surface area contributed by atoms with Crippen LogP contribution in [-0.2, 0) is 11.3 Å². The topological polar surface area (TPSA) is 49.4 Å². The molecular formula is C14H18N2O2S. The largest absolute Gasteiger partial charge is 0.325 e. The van der Waals surface area contributed by atoms with E-state index in [1.165, 1.54) is 0 Å².